The van der Waals surface area contributed by atoms with Crippen molar-refractivity contribution >= 4 is 11.9 Å². The molecular formula is C16H23NO4. The number of para-hydroxylation sites is 1. The van der Waals surface area contributed by atoms with E-state index < -0.39 is 17.8 Å². The normalized spacial score (nSPS) is 14.9. The lowest BCUT2D eigenvalue weighted by Crippen LogP contribution is -2.38. The summed E-state index contributed by atoms with van der Waals surface area (Å²) in [6, 6.07) is 7.30. The minimum atomic E-state index is -0.964. The maximum atomic E-state index is 12.4. The molecule has 116 valence electrons. The first-order valence-electron chi connectivity index (χ1n) is 6.93. The average Bonchev–Trinajstić information content (AvgIpc) is 2.50. The molecule has 0 spiro atoms. The van der Waals surface area contributed by atoms with Gasteiger partial charge in [-0.1, -0.05) is 32.0 Å². The van der Waals surface area contributed by atoms with Gasteiger partial charge in [0, 0.05) is 18.5 Å². The van der Waals surface area contributed by atoms with Crippen LogP contribution in [0.4, 0.5) is 0 Å². The van der Waals surface area contributed by atoms with Crippen LogP contribution in [0.2, 0.25) is 0 Å². The highest BCUT2D eigenvalue weighted by atomic mass is 16.5. The van der Waals surface area contributed by atoms with E-state index in [0.717, 1.165) is 5.56 Å². The molecule has 5 nitrogen and oxygen atoms in total. The van der Waals surface area contributed by atoms with Crippen LogP contribution in [0, 0.1) is 11.8 Å². The fraction of sp³-hybridized carbons (Fsp3) is 0.500. The predicted octanol–water partition coefficient (Wildman–Crippen LogP) is 2.57. The minimum absolute atomic E-state index is 0.191. The van der Waals surface area contributed by atoms with Gasteiger partial charge in [-0.05, 0) is 13.0 Å². The number of carbonyl (C=O) groups is 2. The molecule has 1 N–H and O–H groups in total. The van der Waals surface area contributed by atoms with Gasteiger partial charge >= 0.3 is 5.97 Å². The molecule has 1 rings (SSSR count). The Labute approximate surface area is 125 Å². The average molecular weight is 293 g/mol. The van der Waals surface area contributed by atoms with Crippen molar-refractivity contribution in [1.82, 2.24) is 4.90 Å². The highest BCUT2D eigenvalue weighted by molar-refractivity contribution is 5.84. The van der Waals surface area contributed by atoms with Gasteiger partial charge in [0.25, 0.3) is 0 Å². The van der Waals surface area contributed by atoms with Crippen LogP contribution in [0.5, 0.6) is 5.75 Å². The summed E-state index contributed by atoms with van der Waals surface area (Å²) in [5, 5.41) is 9.03. The molecule has 0 aliphatic rings. The van der Waals surface area contributed by atoms with Crippen molar-refractivity contribution < 1.29 is 19.4 Å². The number of methoxy groups -OCH3 is 1. The van der Waals surface area contributed by atoms with E-state index in [1.54, 1.807) is 32.9 Å². The molecule has 5 heteroatoms. The molecule has 0 saturated heterocycles. The molecule has 1 amide bonds. The van der Waals surface area contributed by atoms with Crippen molar-refractivity contribution in [3.63, 3.8) is 0 Å². The van der Waals surface area contributed by atoms with Crippen LogP contribution in [0.15, 0.2) is 24.3 Å². The molecule has 0 saturated carbocycles. The summed E-state index contributed by atoms with van der Waals surface area (Å²) in [4.78, 5) is 25.0. The first kappa shape index (κ1) is 17.0. The molecule has 0 fully saturated rings. The number of benzene rings is 1. The van der Waals surface area contributed by atoms with E-state index in [-0.39, 0.29) is 11.9 Å². The summed E-state index contributed by atoms with van der Waals surface area (Å²) in [6.07, 6.45) is 0. The van der Waals surface area contributed by atoms with Crippen LogP contribution in [-0.4, -0.2) is 36.0 Å². The van der Waals surface area contributed by atoms with Gasteiger partial charge in [0.15, 0.2) is 0 Å². The number of ether oxygens (including phenoxy) is 1. The Morgan fingerprint density at radius 3 is 2.24 bits per heavy atom. The molecule has 0 aliphatic carbocycles. The van der Waals surface area contributed by atoms with Gasteiger partial charge in [-0.15, -0.1) is 0 Å². The fourth-order valence-corrected chi connectivity index (χ4v) is 2.16. The number of nitrogens with zero attached hydrogens (tertiary/aromatic N) is 1. The summed E-state index contributed by atoms with van der Waals surface area (Å²) in [7, 11) is 3.27. The Bertz CT molecular complexity index is 515. The number of rotatable bonds is 6. The Morgan fingerprint density at radius 1 is 1.14 bits per heavy atom. The second kappa shape index (κ2) is 7.11. The smallest absolute Gasteiger partial charge is 0.307 e. The zero-order valence-corrected chi connectivity index (χ0v) is 13.2. The maximum absolute atomic E-state index is 12.4. The lowest BCUT2D eigenvalue weighted by atomic mass is 9.94. The van der Waals surface area contributed by atoms with Gasteiger partial charge in [-0.3, -0.25) is 9.59 Å². The summed E-state index contributed by atoms with van der Waals surface area (Å²) in [6.45, 7) is 5.09. The third kappa shape index (κ3) is 3.74. The molecule has 0 heterocycles. The van der Waals surface area contributed by atoms with Crippen molar-refractivity contribution in [3.05, 3.63) is 29.8 Å². The Hall–Kier alpha value is -2.04. The van der Waals surface area contributed by atoms with Gasteiger partial charge in [0.1, 0.15) is 5.75 Å². The van der Waals surface area contributed by atoms with Crippen LogP contribution in [0.1, 0.15) is 32.4 Å². The molecule has 0 aliphatic heterocycles. The van der Waals surface area contributed by atoms with Crippen molar-refractivity contribution in [3.8, 4) is 5.75 Å². The fourth-order valence-electron chi connectivity index (χ4n) is 2.16. The van der Waals surface area contributed by atoms with Crippen LogP contribution in [0.25, 0.3) is 0 Å². The third-order valence-corrected chi connectivity index (χ3v) is 4.05. The van der Waals surface area contributed by atoms with E-state index in [1.807, 2.05) is 31.2 Å². The zero-order valence-electron chi connectivity index (χ0n) is 13.2. The molecule has 1 aromatic carbocycles. The molecule has 0 bridgehead atoms. The van der Waals surface area contributed by atoms with Crippen molar-refractivity contribution in [2.24, 2.45) is 11.8 Å². The van der Waals surface area contributed by atoms with E-state index in [0.29, 0.717) is 5.75 Å². The number of carboxylic acids is 1. The van der Waals surface area contributed by atoms with Gasteiger partial charge in [-0.2, -0.15) is 0 Å². The summed E-state index contributed by atoms with van der Waals surface area (Å²) in [5.41, 5.74) is 0.894. The molecule has 21 heavy (non-hydrogen) atoms. The predicted molar refractivity (Wildman–Crippen MR) is 80.1 cm³/mol. The highest BCUT2D eigenvalue weighted by Gasteiger charge is 2.30. The Balaban J connectivity index is 2.94. The topological polar surface area (TPSA) is 66.8 Å². The SMILES string of the molecule is COc1ccccc1C(C)N(C)C(=O)C(C)C(C)C(=O)O. The van der Waals surface area contributed by atoms with Gasteiger partial charge in [0.05, 0.1) is 19.1 Å². The van der Waals surface area contributed by atoms with Crippen LogP contribution >= 0.6 is 0 Å². The summed E-state index contributed by atoms with van der Waals surface area (Å²) < 4.78 is 5.31. The second-order valence-electron chi connectivity index (χ2n) is 5.28. The van der Waals surface area contributed by atoms with Crippen molar-refractivity contribution in [2.45, 2.75) is 26.8 Å². The lowest BCUT2D eigenvalue weighted by molar-refractivity contribution is -0.149. The largest absolute Gasteiger partial charge is 0.496 e. The van der Waals surface area contributed by atoms with E-state index >= 15 is 0 Å². The zero-order chi connectivity index (χ0) is 16.2. The van der Waals surface area contributed by atoms with Crippen molar-refractivity contribution in [2.75, 3.05) is 14.2 Å². The highest BCUT2D eigenvalue weighted by Crippen LogP contribution is 2.29. The van der Waals surface area contributed by atoms with E-state index in [2.05, 4.69) is 0 Å². The number of carbonyl (C=O) groups excluding carboxylic acids is 1. The first-order chi connectivity index (χ1) is 9.81. The number of amides is 1. The van der Waals surface area contributed by atoms with E-state index in [9.17, 15) is 9.59 Å². The summed E-state index contributed by atoms with van der Waals surface area (Å²) >= 11 is 0. The van der Waals surface area contributed by atoms with Gasteiger partial charge in [0.2, 0.25) is 5.91 Å². The quantitative estimate of drug-likeness (QED) is 0.875. The molecule has 0 radical (unpaired) electrons. The number of hydrogen-bond acceptors (Lipinski definition) is 3. The lowest BCUT2D eigenvalue weighted by Gasteiger charge is -2.30. The number of hydrogen-bond donors (Lipinski definition) is 1. The van der Waals surface area contributed by atoms with E-state index in [4.69, 9.17) is 9.84 Å². The monoisotopic (exact) mass is 293 g/mol. The molecule has 1 aromatic rings. The molecular weight excluding hydrogens is 270 g/mol. The number of aliphatic carboxylic acids is 1. The van der Waals surface area contributed by atoms with Crippen LogP contribution in [0.3, 0.4) is 0 Å². The minimum Gasteiger partial charge on any atom is -0.496 e. The Morgan fingerprint density at radius 2 is 1.71 bits per heavy atom. The molecule has 3 unspecified atom stereocenters. The standard InChI is InChI=1S/C16H23NO4/c1-10(11(2)16(19)20)15(18)17(4)12(3)13-8-6-7-9-14(13)21-5/h6-12H,1-5H3,(H,19,20). The van der Waals surface area contributed by atoms with Crippen molar-refractivity contribution in [1.29, 1.82) is 0 Å². The van der Waals surface area contributed by atoms with E-state index in [1.165, 1.54) is 0 Å². The van der Waals surface area contributed by atoms with Crippen LogP contribution < -0.4 is 4.74 Å². The second-order valence-corrected chi connectivity index (χ2v) is 5.28. The van der Waals surface area contributed by atoms with Gasteiger partial charge < -0.3 is 14.7 Å². The van der Waals surface area contributed by atoms with Crippen LogP contribution in [-0.2, 0) is 9.59 Å². The van der Waals surface area contributed by atoms with Gasteiger partial charge in [-0.25, -0.2) is 0 Å². The number of carboxylic acid groups (broad SMARTS) is 1. The summed E-state index contributed by atoms with van der Waals surface area (Å²) in [5.74, 6) is -1.74. The maximum Gasteiger partial charge on any atom is 0.307 e. The Kier molecular flexibility index (Phi) is 5.76. The molecule has 3 atom stereocenters. The first-order valence-corrected chi connectivity index (χ1v) is 6.93. The molecule has 0 aromatic heterocycles. The third-order valence-electron chi connectivity index (χ3n) is 4.05.